The summed E-state index contributed by atoms with van der Waals surface area (Å²) in [5.74, 6) is -1.82. The van der Waals surface area contributed by atoms with Crippen molar-refractivity contribution in [2.75, 3.05) is 6.54 Å². The fourth-order valence-corrected chi connectivity index (χ4v) is 1.91. The van der Waals surface area contributed by atoms with E-state index in [9.17, 15) is 19.2 Å². The molecule has 0 aromatic heterocycles. The smallest absolute Gasteiger partial charge is 0.238 e. The summed E-state index contributed by atoms with van der Waals surface area (Å²) in [6.07, 6.45) is -0.468. The van der Waals surface area contributed by atoms with Gasteiger partial charge in [0.2, 0.25) is 23.6 Å². The van der Waals surface area contributed by atoms with Crippen molar-refractivity contribution in [3.8, 4) is 0 Å². The minimum atomic E-state index is -0.576. The van der Waals surface area contributed by atoms with Gasteiger partial charge in [0, 0.05) is 26.4 Å². The molecule has 0 unspecified atom stereocenters. The van der Waals surface area contributed by atoms with Gasteiger partial charge < -0.3 is 0 Å². The van der Waals surface area contributed by atoms with Gasteiger partial charge in [-0.25, -0.2) is 0 Å². The fourth-order valence-electron chi connectivity index (χ4n) is 1.91. The number of hydrogen-bond donors (Lipinski definition) is 0. The highest BCUT2D eigenvalue weighted by molar-refractivity contribution is 6.07. The van der Waals surface area contributed by atoms with Crippen LogP contribution in [0.4, 0.5) is 0 Å². The lowest BCUT2D eigenvalue weighted by molar-refractivity contribution is -0.150. The topological polar surface area (TPSA) is 74.8 Å². The molecule has 0 bridgehead atoms. The highest BCUT2D eigenvalue weighted by Gasteiger charge is 2.27. The Morgan fingerprint density at radius 2 is 1.33 bits per heavy atom. The van der Waals surface area contributed by atoms with Crippen molar-refractivity contribution in [1.29, 1.82) is 0 Å². The quantitative estimate of drug-likeness (QED) is 0.726. The molecule has 0 atom stereocenters. The lowest BCUT2D eigenvalue weighted by atomic mass is 10.2. The molecule has 0 fully saturated rings. The molecule has 0 saturated heterocycles. The van der Waals surface area contributed by atoms with Gasteiger partial charge in [-0.3, -0.25) is 29.0 Å². The number of rotatable bonds is 5. The van der Waals surface area contributed by atoms with Crippen molar-refractivity contribution >= 4 is 23.6 Å². The van der Waals surface area contributed by atoms with E-state index in [1.165, 1.54) is 13.8 Å². The summed E-state index contributed by atoms with van der Waals surface area (Å²) in [6.45, 7) is 9.97. The van der Waals surface area contributed by atoms with Crippen LogP contribution in [0.5, 0.6) is 0 Å². The molecule has 21 heavy (non-hydrogen) atoms. The molecular weight excluding hydrogens is 272 g/mol. The number of nitrogens with zero attached hydrogens (tertiary/aromatic N) is 2. The summed E-state index contributed by atoms with van der Waals surface area (Å²) >= 11 is 0. The van der Waals surface area contributed by atoms with E-state index >= 15 is 0 Å². The van der Waals surface area contributed by atoms with Crippen LogP contribution in [0.25, 0.3) is 0 Å². The summed E-state index contributed by atoms with van der Waals surface area (Å²) in [5, 5.41) is 0. The number of hydrogen-bond acceptors (Lipinski definition) is 4. The first-order chi connectivity index (χ1) is 9.07. The molecule has 6 heteroatoms. The molecule has 0 aromatic rings. The third-order valence-electron chi connectivity index (χ3n) is 2.66. The minimum Gasteiger partial charge on any atom is -0.282 e. The van der Waals surface area contributed by atoms with E-state index in [2.05, 4.69) is 0 Å². The molecule has 6 nitrogen and oxygen atoms in total. The molecule has 0 heterocycles. The van der Waals surface area contributed by atoms with E-state index in [0.29, 0.717) is 0 Å². The second-order valence-corrected chi connectivity index (χ2v) is 5.47. The van der Waals surface area contributed by atoms with Crippen LogP contribution in [0.1, 0.15) is 55.4 Å². The Kier molecular flexibility index (Phi) is 9.51. The fraction of sp³-hybridized carbons (Fsp3) is 0.733. The number of carbonyl (C=O) groups is 4. The molecule has 0 aliphatic heterocycles. The van der Waals surface area contributed by atoms with Gasteiger partial charge in [0.05, 0.1) is 0 Å². The van der Waals surface area contributed by atoms with Crippen LogP contribution in [-0.2, 0) is 19.2 Å². The Balaban J connectivity index is 0. The van der Waals surface area contributed by atoms with Crippen molar-refractivity contribution < 1.29 is 19.2 Å². The first kappa shape index (κ1) is 21.6. The number of imide groups is 2. The van der Waals surface area contributed by atoms with Gasteiger partial charge in [0.15, 0.2) is 0 Å². The van der Waals surface area contributed by atoms with Crippen molar-refractivity contribution in [2.45, 2.75) is 61.4 Å². The SMILES string of the molecule is C.CC(=O)N(CC(C)C)C(=O)CC(=O)N(C(C)=O)C(C)C. The molecule has 0 aromatic carbocycles. The molecule has 4 amide bonds. The molecule has 0 spiro atoms. The van der Waals surface area contributed by atoms with Gasteiger partial charge in [-0.15, -0.1) is 0 Å². The first-order valence-corrected chi connectivity index (χ1v) is 6.71. The summed E-state index contributed by atoms with van der Waals surface area (Å²) in [7, 11) is 0. The first-order valence-electron chi connectivity index (χ1n) is 6.71. The van der Waals surface area contributed by atoms with Crippen LogP contribution in [0.2, 0.25) is 0 Å². The monoisotopic (exact) mass is 300 g/mol. The standard InChI is InChI=1S/C14H24N2O4.CH4/c1-9(2)8-15(11(5)17)13(19)7-14(20)16(10(3)4)12(6)18;/h9-10H,7-8H2,1-6H3;1H4. The molecule has 0 saturated carbocycles. The lowest BCUT2D eigenvalue weighted by Gasteiger charge is -2.25. The Hall–Kier alpha value is -1.72. The van der Waals surface area contributed by atoms with Crippen molar-refractivity contribution in [1.82, 2.24) is 9.80 Å². The van der Waals surface area contributed by atoms with Gasteiger partial charge >= 0.3 is 0 Å². The Bertz CT molecular complexity index is 402. The molecular formula is C15H28N2O4. The summed E-state index contributed by atoms with van der Waals surface area (Å²) < 4.78 is 0. The van der Waals surface area contributed by atoms with Gasteiger partial charge in [0.1, 0.15) is 6.42 Å². The number of amides is 4. The second-order valence-electron chi connectivity index (χ2n) is 5.47. The van der Waals surface area contributed by atoms with Gasteiger partial charge in [0.25, 0.3) is 0 Å². The zero-order valence-corrected chi connectivity index (χ0v) is 13.1. The maximum absolute atomic E-state index is 12.0. The Morgan fingerprint density at radius 1 is 0.857 bits per heavy atom. The van der Waals surface area contributed by atoms with E-state index in [1.807, 2.05) is 13.8 Å². The minimum absolute atomic E-state index is 0. The van der Waals surface area contributed by atoms with Crippen molar-refractivity contribution in [3.05, 3.63) is 0 Å². The molecule has 0 radical (unpaired) electrons. The van der Waals surface area contributed by atoms with Crippen LogP contribution in [0, 0.1) is 5.92 Å². The van der Waals surface area contributed by atoms with E-state index in [1.54, 1.807) is 13.8 Å². The predicted octanol–water partition coefficient (Wildman–Crippen LogP) is 1.83. The molecule has 0 N–H and O–H groups in total. The van der Waals surface area contributed by atoms with E-state index < -0.39 is 30.0 Å². The van der Waals surface area contributed by atoms with E-state index in [-0.39, 0.29) is 25.9 Å². The normalized spacial score (nSPS) is 10.1. The molecule has 0 aliphatic rings. The van der Waals surface area contributed by atoms with E-state index in [4.69, 9.17) is 0 Å². The zero-order valence-electron chi connectivity index (χ0n) is 13.1. The molecule has 0 aliphatic carbocycles. The van der Waals surface area contributed by atoms with Gasteiger partial charge in [-0.2, -0.15) is 0 Å². The highest BCUT2D eigenvalue weighted by Crippen LogP contribution is 2.07. The van der Waals surface area contributed by atoms with Crippen LogP contribution in [0.15, 0.2) is 0 Å². The average Bonchev–Trinajstić information content (AvgIpc) is 2.23. The van der Waals surface area contributed by atoms with Crippen LogP contribution >= 0.6 is 0 Å². The number of carbonyl (C=O) groups excluding carboxylic acids is 4. The zero-order chi connectivity index (χ0) is 16.0. The third kappa shape index (κ3) is 7.02. The Morgan fingerprint density at radius 3 is 1.62 bits per heavy atom. The summed E-state index contributed by atoms with van der Waals surface area (Å²) in [6, 6.07) is -0.316. The molecule has 0 rings (SSSR count). The van der Waals surface area contributed by atoms with E-state index in [0.717, 1.165) is 9.80 Å². The maximum Gasteiger partial charge on any atom is 0.238 e. The maximum atomic E-state index is 12.0. The largest absolute Gasteiger partial charge is 0.282 e. The van der Waals surface area contributed by atoms with Crippen LogP contribution in [0.3, 0.4) is 0 Å². The molecule has 122 valence electrons. The van der Waals surface area contributed by atoms with Gasteiger partial charge in [-0.05, 0) is 19.8 Å². The second kappa shape index (κ2) is 9.26. The average molecular weight is 300 g/mol. The highest BCUT2D eigenvalue weighted by atomic mass is 16.2. The summed E-state index contributed by atoms with van der Waals surface area (Å²) in [5.41, 5.74) is 0. The Labute approximate surface area is 127 Å². The predicted molar refractivity (Wildman–Crippen MR) is 81.2 cm³/mol. The summed E-state index contributed by atoms with van der Waals surface area (Å²) in [4.78, 5) is 49.0. The lowest BCUT2D eigenvalue weighted by Crippen LogP contribution is -2.45. The van der Waals surface area contributed by atoms with Crippen molar-refractivity contribution in [3.63, 3.8) is 0 Å². The van der Waals surface area contributed by atoms with Crippen molar-refractivity contribution in [2.24, 2.45) is 5.92 Å². The van der Waals surface area contributed by atoms with Gasteiger partial charge in [-0.1, -0.05) is 21.3 Å². The third-order valence-corrected chi connectivity index (χ3v) is 2.66. The van der Waals surface area contributed by atoms with Crippen LogP contribution < -0.4 is 0 Å². The van der Waals surface area contributed by atoms with Crippen LogP contribution in [-0.4, -0.2) is 46.0 Å².